The minimum atomic E-state index is -1.04. The van der Waals surface area contributed by atoms with Crippen molar-refractivity contribution in [2.45, 2.75) is 11.8 Å². The summed E-state index contributed by atoms with van der Waals surface area (Å²) in [5.74, 6) is -0.708. The summed E-state index contributed by atoms with van der Waals surface area (Å²) in [5, 5.41) is 3.12. The molecule has 1 saturated heterocycles. The zero-order chi connectivity index (χ0) is 13.3. The quantitative estimate of drug-likeness (QED) is 0.865. The van der Waals surface area contributed by atoms with Crippen LogP contribution in [0.5, 0.6) is 0 Å². The summed E-state index contributed by atoms with van der Waals surface area (Å²) in [5.41, 5.74) is -0.453. The number of halogens is 2. The van der Waals surface area contributed by atoms with Crippen molar-refractivity contribution in [3.63, 3.8) is 0 Å². The first-order chi connectivity index (χ1) is 8.48. The number of methoxy groups -OCH3 is 1. The number of hydrogen-bond donors (Lipinski definition) is 1. The summed E-state index contributed by atoms with van der Waals surface area (Å²) >= 11 is 11.9. The van der Waals surface area contributed by atoms with Crippen LogP contribution in [0, 0.1) is 0 Å². The molecule has 1 aliphatic heterocycles. The molecule has 0 aliphatic carbocycles. The van der Waals surface area contributed by atoms with Gasteiger partial charge >= 0.3 is 0 Å². The zero-order valence-electron chi connectivity index (χ0n) is 9.63. The maximum absolute atomic E-state index is 12.0. The Morgan fingerprint density at radius 1 is 1.28 bits per heavy atom. The van der Waals surface area contributed by atoms with Gasteiger partial charge in [-0.3, -0.25) is 14.9 Å². The first-order valence-corrected chi connectivity index (χ1v) is 6.03. The Morgan fingerprint density at radius 3 is 2.33 bits per heavy atom. The Morgan fingerprint density at radius 2 is 1.89 bits per heavy atom. The number of nitrogens with one attached hydrogen (secondary N) is 1. The van der Waals surface area contributed by atoms with Gasteiger partial charge in [0, 0.05) is 23.6 Å². The van der Waals surface area contributed by atoms with Gasteiger partial charge in [-0.05, 0) is 23.8 Å². The third-order valence-corrected chi connectivity index (χ3v) is 3.39. The van der Waals surface area contributed by atoms with Crippen LogP contribution in [-0.2, 0) is 19.7 Å². The lowest BCUT2D eigenvalue weighted by Crippen LogP contribution is -2.39. The van der Waals surface area contributed by atoms with E-state index in [2.05, 4.69) is 5.32 Å². The minimum Gasteiger partial charge on any atom is -0.383 e. The molecule has 6 heteroatoms. The molecule has 1 N–H and O–H groups in total. The molecule has 2 amide bonds. The van der Waals surface area contributed by atoms with Crippen LogP contribution >= 0.6 is 23.2 Å². The topological polar surface area (TPSA) is 55.4 Å². The van der Waals surface area contributed by atoms with Crippen LogP contribution in [0.25, 0.3) is 0 Å². The number of rotatable bonds is 3. The summed E-state index contributed by atoms with van der Waals surface area (Å²) < 4.78 is 5.08. The molecule has 1 fully saturated rings. The second-order valence-corrected chi connectivity index (χ2v) is 5.10. The highest BCUT2D eigenvalue weighted by atomic mass is 35.5. The van der Waals surface area contributed by atoms with Crippen LogP contribution in [0.1, 0.15) is 12.0 Å². The van der Waals surface area contributed by atoms with Gasteiger partial charge in [-0.25, -0.2) is 0 Å². The zero-order valence-corrected chi connectivity index (χ0v) is 11.1. The van der Waals surface area contributed by atoms with E-state index < -0.39 is 5.41 Å². The third kappa shape index (κ3) is 2.23. The Kier molecular flexibility index (Phi) is 3.61. The number of benzene rings is 1. The van der Waals surface area contributed by atoms with Crippen molar-refractivity contribution in [2.24, 2.45) is 0 Å². The standard InChI is InChI=1S/C12H11Cl2NO3/c1-18-6-12(5-10(16)15-11(12)17)7-2-8(13)4-9(14)3-7/h2-4H,5-6H2,1H3,(H,15,16,17). The van der Waals surface area contributed by atoms with E-state index in [1.807, 2.05) is 0 Å². The molecule has 1 atom stereocenters. The van der Waals surface area contributed by atoms with Crippen molar-refractivity contribution in [3.05, 3.63) is 33.8 Å². The normalized spacial score (nSPS) is 23.3. The molecule has 0 saturated carbocycles. The van der Waals surface area contributed by atoms with Crippen molar-refractivity contribution in [2.75, 3.05) is 13.7 Å². The molecule has 0 aromatic heterocycles. The fraction of sp³-hybridized carbons (Fsp3) is 0.333. The molecule has 1 aliphatic rings. The largest absolute Gasteiger partial charge is 0.383 e. The molecular formula is C12H11Cl2NO3. The molecule has 1 aromatic carbocycles. The molecule has 96 valence electrons. The number of imide groups is 1. The van der Waals surface area contributed by atoms with Gasteiger partial charge in [-0.15, -0.1) is 0 Å². The van der Waals surface area contributed by atoms with Crippen LogP contribution < -0.4 is 5.32 Å². The minimum absolute atomic E-state index is 0.0380. The smallest absolute Gasteiger partial charge is 0.240 e. The molecule has 1 aromatic rings. The Balaban J connectivity index is 2.53. The van der Waals surface area contributed by atoms with E-state index in [-0.39, 0.29) is 24.8 Å². The highest BCUT2D eigenvalue weighted by molar-refractivity contribution is 6.34. The Hall–Kier alpha value is -1.10. The third-order valence-electron chi connectivity index (χ3n) is 2.96. The second kappa shape index (κ2) is 4.88. The molecule has 4 nitrogen and oxygen atoms in total. The maximum Gasteiger partial charge on any atom is 0.240 e. The van der Waals surface area contributed by atoms with Gasteiger partial charge in [0.25, 0.3) is 0 Å². The van der Waals surface area contributed by atoms with Crippen LogP contribution in [0.3, 0.4) is 0 Å². The van der Waals surface area contributed by atoms with Gasteiger partial charge in [-0.2, -0.15) is 0 Å². The van der Waals surface area contributed by atoms with E-state index in [0.29, 0.717) is 15.6 Å². The molecule has 1 heterocycles. The molecule has 0 radical (unpaired) electrons. The number of hydrogen-bond acceptors (Lipinski definition) is 3. The van der Waals surface area contributed by atoms with Crippen molar-refractivity contribution >= 4 is 35.0 Å². The van der Waals surface area contributed by atoms with Gasteiger partial charge in [0.05, 0.1) is 6.61 Å². The summed E-state index contributed by atoms with van der Waals surface area (Å²) in [6, 6.07) is 4.83. The lowest BCUT2D eigenvalue weighted by Gasteiger charge is -2.25. The van der Waals surface area contributed by atoms with E-state index in [4.69, 9.17) is 27.9 Å². The summed E-state index contributed by atoms with van der Waals surface area (Å²) in [7, 11) is 1.48. The Bertz CT molecular complexity index is 498. The van der Waals surface area contributed by atoms with Gasteiger partial charge in [0.15, 0.2) is 0 Å². The first kappa shape index (κ1) is 13.3. The van der Waals surface area contributed by atoms with Gasteiger partial charge in [0.1, 0.15) is 5.41 Å². The summed E-state index contributed by atoms with van der Waals surface area (Å²) in [6.45, 7) is 0.0985. The van der Waals surface area contributed by atoms with Gasteiger partial charge in [0.2, 0.25) is 11.8 Å². The maximum atomic E-state index is 12.0. The van der Waals surface area contributed by atoms with Crippen LogP contribution in [0.15, 0.2) is 18.2 Å². The van der Waals surface area contributed by atoms with Crippen molar-refractivity contribution < 1.29 is 14.3 Å². The molecule has 0 bridgehead atoms. The number of carbonyl (C=O) groups excluding carboxylic acids is 2. The number of amides is 2. The van der Waals surface area contributed by atoms with Crippen LogP contribution in [0.2, 0.25) is 10.0 Å². The molecule has 2 rings (SSSR count). The monoisotopic (exact) mass is 287 g/mol. The lowest BCUT2D eigenvalue weighted by molar-refractivity contribution is -0.127. The van der Waals surface area contributed by atoms with E-state index in [1.54, 1.807) is 18.2 Å². The average molecular weight is 288 g/mol. The molecule has 18 heavy (non-hydrogen) atoms. The predicted octanol–water partition coefficient (Wildman–Crippen LogP) is 1.92. The fourth-order valence-electron chi connectivity index (χ4n) is 2.15. The molecular weight excluding hydrogens is 277 g/mol. The highest BCUT2D eigenvalue weighted by Gasteiger charge is 2.48. The lowest BCUT2D eigenvalue weighted by atomic mass is 9.79. The van der Waals surface area contributed by atoms with E-state index >= 15 is 0 Å². The molecule has 1 unspecified atom stereocenters. The molecule has 0 spiro atoms. The van der Waals surface area contributed by atoms with Crippen LogP contribution in [0.4, 0.5) is 0 Å². The van der Waals surface area contributed by atoms with Gasteiger partial charge in [-0.1, -0.05) is 23.2 Å². The Labute approximate surface area is 114 Å². The SMILES string of the molecule is COCC1(c2cc(Cl)cc(Cl)c2)CC(=O)NC1=O. The fourth-order valence-corrected chi connectivity index (χ4v) is 2.68. The summed E-state index contributed by atoms with van der Waals surface area (Å²) in [6.07, 6.45) is 0.0380. The van der Waals surface area contributed by atoms with Crippen LogP contribution in [-0.4, -0.2) is 25.5 Å². The highest BCUT2D eigenvalue weighted by Crippen LogP contribution is 2.35. The average Bonchev–Trinajstić information content (AvgIpc) is 2.54. The summed E-state index contributed by atoms with van der Waals surface area (Å²) in [4.78, 5) is 23.5. The number of carbonyl (C=O) groups is 2. The second-order valence-electron chi connectivity index (χ2n) is 4.23. The van der Waals surface area contributed by atoms with E-state index in [0.717, 1.165) is 0 Å². The van der Waals surface area contributed by atoms with Gasteiger partial charge < -0.3 is 4.74 Å². The number of ether oxygens (including phenoxy) is 1. The van der Waals surface area contributed by atoms with Crippen molar-refractivity contribution in [1.29, 1.82) is 0 Å². The first-order valence-electron chi connectivity index (χ1n) is 5.28. The van der Waals surface area contributed by atoms with E-state index in [9.17, 15) is 9.59 Å². The van der Waals surface area contributed by atoms with Crippen molar-refractivity contribution in [3.8, 4) is 0 Å². The van der Waals surface area contributed by atoms with E-state index in [1.165, 1.54) is 7.11 Å². The van der Waals surface area contributed by atoms with Crippen molar-refractivity contribution in [1.82, 2.24) is 5.32 Å². The predicted molar refractivity (Wildman–Crippen MR) is 67.8 cm³/mol.